The van der Waals surface area contributed by atoms with Gasteiger partial charge in [-0.1, -0.05) is 43.3 Å². The molecular formula is C25H25N5O3S. The lowest BCUT2D eigenvalue weighted by molar-refractivity contribution is 0.103. The van der Waals surface area contributed by atoms with Crippen molar-refractivity contribution in [1.29, 1.82) is 0 Å². The van der Waals surface area contributed by atoms with Gasteiger partial charge in [0.2, 0.25) is 0 Å². The number of carbonyl (C=O) groups is 2. The summed E-state index contributed by atoms with van der Waals surface area (Å²) in [5.41, 5.74) is 1.82. The van der Waals surface area contributed by atoms with Gasteiger partial charge in [-0.05, 0) is 31.5 Å². The van der Waals surface area contributed by atoms with Crippen molar-refractivity contribution in [2.45, 2.75) is 26.8 Å². The number of rotatable bonds is 8. The molecule has 0 saturated carbocycles. The molecule has 34 heavy (non-hydrogen) atoms. The summed E-state index contributed by atoms with van der Waals surface area (Å²) in [5, 5.41) is 14.8. The Morgan fingerprint density at radius 1 is 1.06 bits per heavy atom. The smallest absolute Gasteiger partial charge is 0.319 e. The molecule has 0 fully saturated rings. The lowest BCUT2D eigenvalue weighted by atomic mass is 10.0. The van der Waals surface area contributed by atoms with Crippen LogP contribution in [0.5, 0.6) is 5.75 Å². The van der Waals surface area contributed by atoms with Gasteiger partial charge in [0.1, 0.15) is 16.6 Å². The van der Waals surface area contributed by atoms with Crippen LogP contribution in [0.3, 0.4) is 0 Å². The fraction of sp³-hybridized carbons (Fsp3) is 0.200. The summed E-state index contributed by atoms with van der Waals surface area (Å²) in [6, 6.07) is 17.8. The van der Waals surface area contributed by atoms with E-state index in [1.165, 1.54) is 11.3 Å². The molecule has 9 heteroatoms. The van der Waals surface area contributed by atoms with Crippen LogP contribution in [-0.4, -0.2) is 33.7 Å². The highest BCUT2D eigenvalue weighted by atomic mass is 32.1. The zero-order chi connectivity index (χ0) is 24.1. The van der Waals surface area contributed by atoms with Crippen LogP contribution in [0, 0.1) is 6.92 Å². The lowest BCUT2D eigenvalue weighted by Gasteiger charge is -2.11. The molecule has 174 valence electrons. The third-order valence-corrected chi connectivity index (χ3v) is 6.49. The molecule has 4 aromatic rings. The summed E-state index contributed by atoms with van der Waals surface area (Å²) >= 11 is 1.53. The van der Waals surface area contributed by atoms with Crippen LogP contribution >= 0.6 is 11.3 Å². The molecule has 0 atom stereocenters. The largest absolute Gasteiger partial charge is 0.497 e. The second-order valence-electron chi connectivity index (χ2n) is 7.52. The van der Waals surface area contributed by atoms with Gasteiger partial charge >= 0.3 is 6.03 Å². The van der Waals surface area contributed by atoms with Gasteiger partial charge in [0.05, 0.1) is 19.2 Å². The third-order valence-electron chi connectivity index (χ3n) is 5.22. The number of anilines is 1. The van der Waals surface area contributed by atoms with Gasteiger partial charge in [0.25, 0.3) is 0 Å². The zero-order valence-electron chi connectivity index (χ0n) is 19.2. The average Bonchev–Trinajstić information content (AvgIpc) is 3.45. The molecule has 0 aliphatic rings. The van der Waals surface area contributed by atoms with E-state index in [1.54, 1.807) is 43.5 Å². The topological polar surface area (TPSA) is 98.1 Å². The van der Waals surface area contributed by atoms with E-state index in [0.29, 0.717) is 34.2 Å². The number of carbonyl (C=O) groups excluding carboxylic acids is 2. The minimum Gasteiger partial charge on any atom is -0.497 e. The van der Waals surface area contributed by atoms with E-state index in [1.807, 2.05) is 35.8 Å². The van der Waals surface area contributed by atoms with Gasteiger partial charge in [-0.15, -0.1) is 21.5 Å². The molecule has 0 spiro atoms. The van der Waals surface area contributed by atoms with Crippen molar-refractivity contribution in [3.8, 4) is 10.8 Å². The van der Waals surface area contributed by atoms with Crippen LogP contribution in [0.25, 0.3) is 5.00 Å². The molecule has 4 rings (SSSR count). The highest BCUT2D eigenvalue weighted by Crippen LogP contribution is 2.31. The number of nitrogens with one attached hydrogen (secondary N) is 2. The molecule has 2 aromatic carbocycles. The van der Waals surface area contributed by atoms with E-state index in [0.717, 1.165) is 16.3 Å². The number of methoxy groups -OCH3 is 1. The van der Waals surface area contributed by atoms with Crippen LogP contribution in [0.2, 0.25) is 0 Å². The summed E-state index contributed by atoms with van der Waals surface area (Å²) in [6.45, 7) is 4.01. The van der Waals surface area contributed by atoms with E-state index in [-0.39, 0.29) is 18.4 Å². The minimum atomic E-state index is -0.388. The number of aryl methyl sites for hydroxylation is 2. The van der Waals surface area contributed by atoms with E-state index in [4.69, 9.17) is 4.74 Å². The molecule has 8 nitrogen and oxygen atoms in total. The van der Waals surface area contributed by atoms with Gasteiger partial charge in [-0.3, -0.25) is 9.36 Å². The Bertz CT molecular complexity index is 1310. The van der Waals surface area contributed by atoms with Crippen LogP contribution in [0.1, 0.15) is 39.4 Å². The Morgan fingerprint density at radius 3 is 2.59 bits per heavy atom. The maximum absolute atomic E-state index is 13.3. The van der Waals surface area contributed by atoms with Gasteiger partial charge < -0.3 is 15.4 Å². The normalized spacial score (nSPS) is 10.7. The van der Waals surface area contributed by atoms with E-state index in [2.05, 4.69) is 27.8 Å². The first-order valence-electron chi connectivity index (χ1n) is 10.8. The Balaban J connectivity index is 1.58. The zero-order valence-corrected chi connectivity index (χ0v) is 20.0. The van der Waals surface area contributed by atoms with Crippen molar-refractivity contribution in [3.63, 3.8) is 0 Å². The monoisotopic (exact) mass is 475 g/mol. The average molecular weight is 476 g/mol. The molecule has 2 heterocycles. The van der Waals surface area contributed by atoms with Gasteiger partial charge in [-0.25, -0.2) is 4.79 Å². The number of ketones is 1. The summed E-state index contributed by atoms with van der Waals surface area (Å²) < 4.78 is 7.03. The number of hydrogen-bond donors (Lipinski definition) is 2. The number of urea groups is 1. The molecule has 0 aliphatic carbocycles. The Labute approximate surface area is 201 Å². The summed E-state index contributed by atoms with van der Waals surface area (Å²) in [6.07, 6.45) is 0.803. The highest BCUT2D eigenvalue weighted by molar-refractivity contribution is 7.15. The van der Waals surface area contributed by atoms with Crippen LogP contribution in [-0.2, 0) is 13.0 Å². The number of amides is 2. The van der Waals surface area contributed by atoms with E-state index in [9.17, 15) is 9.59 Å². The van der Waals surface area contributed by atoms with Crippen molar-refractivity contribution in [3.05, 3.63) is 88.3 Å². The molecule has 0 radical (unpaired) electrons. The lowest BCUT2D eigenvalue weighted by Crippen LogP contribution is -2.29. The first-order chi connectivity index (χ1) is 16.5. The predicted molar refractivity (Wildman–Crippen MR) is 132 cm³/mol. The van der Waals surface area contributed by atoms with Crippen LogP contribution in [0.4, 0.5) is 10.5 Å². The number of ether oxygens (including phenoxy) is 1. The van der Waals surface area contributed by atoms with Crippen molar-refractivity contribution in [2.24, 2.45) is 0 Å². The Morgan fingerprint density at radius 2 is 1.85 bits per heavy atom. The summed E-state index contributed by atoms with van der Waals surface area (Å²) in [4.78, 5) is 26.9. The molecule has 0 saturated heterocycles. The number of nitrogens with zero attached hydrogens (tertiary/aromatic N) is 3. The summed E-state index contributed by atoms with van der Waals surface area (Å²) in [7, 11) is 1.57. The van der Waals surface area contributed by atoms with E-state index < -0.39 is 0 Å². The highest BCUT2D eigenvalue weighted by Gasteiger charge is 2.22. The second-order valence-corrected chi connectivity index (χ2v) is 8.63. The fourth-order valence-corrected chi connectivity index (χ4v) is 4.66. The number of aromatic nitrogens is 3. The third kappa shape index (κ3) is 4.99. The molecular weight excluding hydrogens is 450 g/mol. The Kier molecular flexibility index (Phi) is 7.03. The Hall–Kier alpha value is -3.98. The van der Waals surface area contributed by atoms with Crippen LogP contribution < -0.4 is 15.4 Å². The van der Waals surface area contributed by atoms with E-state index >= 15 is 0 Å². The quantitative estimate of drug-likeness (QED) is 0.358. The van der Waals surface area contributed by atoms with Crippen molar-refractivity contribution in [2.75, 3.05) is 12.4 Å². The number of hydrogen-bond acceptors (Lipinski definition) is 6. The predicted octanol–water partition coefficient (Wildman–Crippen LogP) is 4.76. The molecule has 2 N–H and O–H groups in total. The maximum atomic E-state index is 13.3. The molecule has 2 aromatic heterocycles. The van der Waals surface area contributed by atoms with Crippen molar-refractivity contribution in [1.82, 2.24) is 20.1 Å². The fourth-order valence-electron chi connectivity index (χ4n) is 3.50. The molecule has 0 unspecified atom stereocenters. The van der Waals surface area contributed by atoms with Crippen molar-refractivity contribution < 1.29 is 14.3 Å². The molecule has 0 aliphatic heterocycles. The van der Waals surface area contributed by atoms with Crippen molar-refractivity contribution >= 4 is 28.8 Å². The maximum Gasteiger partial charge on any atom is 0.319 e. The van der Waals surface area contributed by atoms with Gasteiger partial charge in [0, 0.05) is 22.2 Å². The summed E-state index contributed by atoms with van der Waals surface area (Å²) in [5.74, 6) is 1.75. The number of benzene rings is 2. The van der Waals surface area contributed by atoms with Gasteiger partial charge in [0.15, 0.2) is 11.6 Å². The number of thiophene rings is 1. The van der Waals surface area contributed by atoms with Crippen LogP contribution in [0.15, 0.2) is 60.7 Å². The first-order valence-corrected chi connectivity index (χ1v) is 11.6. The van der Waals surface area contributed by atoms with Gasteiger partial charge in [-0.2, -0.15) is 0 Å². The standard InChI is InChI=1S/C25H25N5O3S/c1-4-20-14-21(23(31)17-9-6-5-7-10-17)24(34-20)30-16(2)28-29-22(30)15-26-25(32)27-18-11-8-12-19(13-18)33-3/h5-14H,4,15H2,1-3H3,(H2,26,27,32). The SMILES string of the molecule is CCc1cc(C(=O)c2ccccc2)c(-n2c(C)nnc2CNC(=O)Nc2cccc(OC)c2)s1. The second kappa shape index (κ2) is 10.3. The minimum absolute atomic E-state index is 0.0608. The molecule has 2 amide bonds. The molecule has 0 bridgehead atoms. The first kappa shape index (κ1) is 23.2.